The van der Waals surface area contributed by atoms with Gasteiger partial charge in [0, 0.05) is 22.7 Å². The van der Waals surface area contributed by atoms with Gasteiger partial charge in [-0.3, -0.25) is 9.78 Å². The highest BCUT2D eigenvalue weighted by Crippen LogP contribution is 2.28. The van der Waals surface area contributed by atoms with Gasteiger partial charge in [0.05, 0.1) is 17.5 Å². The van der Waals surface area contributed by atoms with E-state index in [1.807, 2.05) is 0 Å². The highest BCUT2D eigenvalue weighted by molar-refractivity contribution is 7.96. The number of amides is 1. The number of halogens is 3. The Labute approximate surface area is 165 Å². The number of sulfone groups is 1. The number of aliphatic hydroxyl groups is 1. The quantitative estimate of drug-likeness (QED) is 0.708. The van der Waals surface area contributed by atoms with Crippen LogP contribution in [0.15, 0.2) is 48.0 Å². The van der Waals surface area contributed by atoms with Crippen molar-refractivity contribution in [1.29, 1.82) is 0 Å². The molecule has 2 heterocycles. The van der Waals surface area contributed by atoms with Gasteiger partial charge in [-0.05, 0) is 17.2 Å². The van der Waals surface area contributed by atoms with E-state index in [-0.39, 0.29) is 11.3 Å². The largest absolute Gasteiger partial charge is 0.386 e. The summed E-state index contributed by atoms with van der Waals surface area (Å²) in [6.07, 6.45) is -3.23. The van der Waals surface area contributed by atoms with E-state index in [2.05, 4.69) is 4.98 Å². The first-order chi connectivity index (χ1) is 13.7. The summed E-state index contributed by atoms with van der Waals surface area (Å²) in [7, 11) is -3.10. The van der Waals surface area contributed by atoms with Gasteiger partial charge in [-0.1, -0.05) is 30.3 Å². The van der Waals surface area contributed by atoms with Gasteiger partial charge < -0.3 is 10.4 Å². The highest BCUT2D eigenvalue weighted by atomic mass is 32.2. The minimum atomic E-state index is -3.30. The summed E-state index contributed by atoms with van der Waals surface area (Å²) in [4.78, 5) is 15.3. The summed E-state index contributed by atoms with van der Waals surface area (Å²) in [5.74, 6) is -1.69. The minimum Gasteiger partial charge on any atom is -0.386 e. The molecule has 0 saturated heterocycles. The van der Waals surface area contributed by atoms with Crippen molar-refractivity contribution < 1.29 is 31.5 Å². The standard InChI is InChI=1S/C19H17F3N2O4S/c20-7-16(24-19(26)18(21)22)17(25)12-3-1-11(2-4-12)13-5-6-15(23-8-13)14-9-29(27,28)10-14/h1-6,8-9,16-18,25H,7,10H2,(H,24,26)/t16-,17-/m1/s1. The third-order valence-corrected chi connectivity index (χ3v) is 5.79. The number of nitrogens with zero attached hydrogens (tertiary/aromatic N) is 1. The Balaban J connectivity index is 1.72. The maximum absolute atomic E-state index is 13.1. The van der Waals surface area contributed by atoms with Gasteiger partial charge in [-0.15, -0.1) is 0 Å². The summed E-state index contributed by atoms with van der Waals surface area (Å²) in [5.41, 5.74) is 2.91. The Hall–Kier alpha value is -2.72. The number of carbonyl (C=O) groups excluding carboxylic acids is 1. The minimum absolute atomic E-state index is 0.0379. The Morgan fingerprint density at radius 3 is 2.24 bits per heavy atom. The van der Waals surface area contributed by atoms with E-state index < -0.39 is 41.0 Å². The van der Waals surface area contributed by atoms with Crippen molar-refractivity contribution in [2.45, 2.75) is 18.6 Å². The van der Waals surface area contributed by atoms with Crippen LogP contribution in [0.2, 0.25) is 0 Å². The lowest BCUT2D eigenvalue weighted by molar-refractivity contribution is -0.133. The van der Waals surface area contributed by atoms with Gasteiger partial charge in [-0.25, -0.2) is 12.8 Å². The van der Waals surface area contributed by atoms with Crippen LogP contribution in [0.3, 0.4) is 0 Å². The normalized spacial score (nSPS) is 17.2. The Bertz CT molecular complexity index is 1020. The number of hydrogen-bond acceptors (Lipinski definition) is 5. The molecule has 29 heavy (non-hydrogen) atoms. The van der Waals surface area contributed by atoms with Gasteiger partial charge in [0.25, 0.3) is 5.91 Å². The molecule has 0 fully saturated rings. The second-order valence-corrected chi connectivity index (χ2v) is 8.37. The first kappa shape index (κ1) is 21.0. The van der Waals surface area contributed by atoms with Crippen LogP contribution in [0.5, 0.6) is 0 Å². The highest BCUT2D eigenvalue weighted by Gasteiger charge is 2.27. The molecule has 0 spiro atoms. The fourth-order valence-corrected chi connectivity index (χ4v) is 3.94. The first-order valence-corrected chi connectivity index (χ1v) is 10.2. The average molecular weight is 426 g/mol. The number of pyridine rings is 1. The maximum Gasteiger partial charge on any atom is 0.315 e. The van der Waals surface area contributed by atoms with Crippen molar-refractivity contribution in [1.82, 2.24) is 10.3 Å². The van der Waals surface area contributed by atoms with Gasteiger partial charge in [0.1, 0.15) is 12.8 Å². The van der Waals surface area contributed by atoms with Crippen LogP contribution in [-0.2, 0) is 14.6 Å². The molecule has 1 aliphatic heterocycles. The van der Waals surface area contributed by atoms with Crippen molar-refractivity contribution in [3.63, 3.8) is 0 Å². The molecule has 2 aromatic rings. The van der Waals surface area contributed by atoms with Crippen LogP contribution in [0.1, 0.15) is 17.4 Å². The van der Waals surface area contributed by atoms with Crippen molar-refractivity contribution in [2.75, 3.05) is 12.4 Å². The molecule has 1 aromatic carbocycles. The topological polar surface area (TPSA) is 96.4 Å². The van der Waals surface area contributed by atoms with Crippen LogP contribution in [0.4, 0.5) is 13.2 Å². The second kappa shape index (κ2) is 8.34. The van der Waals surface area contributed by atoms with Crippen molar-refractivity contribution in [3.05, 3.63) is 59.3 Å². The molecule has 0 saturated carbocycles. The molecule has 0 radical (unpaired) electrons. The summed E-state index contributed by atoms with van der Waals surface area (Å²) >= 11 is 0. The lowest BCUT2D eigenvalue weighted by atomic mass is 9.99. The smallest absolute Gasteiger partial charge is 0.315 e. The van der Waals surface area contributed by atoms with E-state index in [0.29, 0.717) is 11.3 Å². The van der Waals surface area contributed by atoms with E-state index >= 15 is 0 Å². The lowest BCUT2D eigenvalue weighted by Gasteiger charge is -2.22. The number of rotatable bonds is 7. The van der Waals surface area contributed by atoms with Gasteiger partial charge >= 0.3 is 6.43 Å². The molecule has 0 aliphatic carbocycles. The fraction of sp³-hybridized carbons (Fsp3) is 0.263. The molecule has 6 nitrogen and oxygen atoms in total. The number of aromatic nitrogens is 1. The number of alkyl halides is 3. The predicted octanol–water partition coefficient (Wildman–Crippen LogP) is 2.27. The zero-order chi connectivity index (χ0) is 21.2. The molecule has 0 unspecified atom stereocenters. The third-order valence-electron chi connectivity index (χ3n) is 4.43. The predicted molar refractivity (Wildman–Crippen MR) is 100 cm³/mol. The number of nitrogens with one attached hydrogen (secondary N) is 1. The molecule has 1 aromatic heterocycles. The Morgan fingerprint density at radius 2 is 1.76 bits per heavy atom. The van der Waals surface area contributed by atoms with Gasteiger partial charge in [0.2, 0.25) is 0 Å². The van der Waals surface area contributed by atoms with E-state index in [1.54, 1.807) is 35.8 Å². The number of hydrogen-bond donors (Lipinski definition) is 2. The van der Waals surface area contributed by atoms with E-state index in [9.17, 15) is 31.5 Å². The molecular weight excluding hydrogens is 409 g/mol. The SMILES string of the molecule is O=C(N[C@H](CF)[C@H](O)c1ccc(-c2ccc(C3=CS(=O)(=O)C3)nc2)cc1)C(F)F. The van der Waals surface area contributed by atoms with Crippen molar-refractivity contribution >= 4 is 21.3 Å². The molecule has 10 heteroatoms. The molecule has 1 aliphatic rings. The summed E-state index contributed by atoms with van der Waals surface area (Å²) in [6.45, 7) is -1.21. The summed E-state index contributed by atoms with van der Waals surface area (Å²) < 4.78 is 60.1. The van der Waals surface area contributed by atoms with Gasteiger partial charge in [-0.2, -0.15) is 8.78 Å². The van der Waals surface area contributed by atoms with Crippen LogP contribution in [-0.4, -0.2) is 49.3 Å². The van der Waals surface area contributed by atoms with E-state index in [1.165, 1.54) is 17.5 Å². The average Bonchev–Trinajstić information content (AvgIpc) is 2.69. The van der Waals surface area contributed by atoms with Crippen LogP contribution < -0.4 is 5.32 Å². The summed E-state index contributed by atoms with van der Waals surface area (Å²) in [5, 5.41) is 13.1. The zero-order valence-corrected chi connectivity index (χ0v) is 15.7. The van der Waals surface area contributed by atoms with Crippen molar-refractivity contribution in [3.8, 4) is 11.1 Å². The Morgan fingerprint density at radius 1 is 1.14 bits per heavy atom. The fourth-order valence-electron chi connectivity index (χ4n) is 2.85. The molecule has 3 rings (SSSR count). The van der Waals surface area contributed by atoms with E-state index in [4.69, 9.17) is 0 Å². The van der Waals surface area contributed by atoms with E-state index in [0.717, 1.165) is 11.1 Å². The number of carbonyl (C=O) groups is 1. The monoisotopic (exact) mass is 426 g/mol. The molecular formula is C19H17F3N2O4S. The molecule has 154 valence electrons. The number of aliphatic hydroxyl groups excluding tert-OH is 1. The number of benzene rings is 1. The Kier molecular flexibility index (Phi) is 6.04. The molecule has 2 atom stereocenters. The zero-order valence-electron chi connectivity index (χ0n) is 14.9. The third kappa shape index (κ3) is 4.83. The lowest BCUT2D eigenvalue weighted by Crippen LogP contribution is -2.43. The molecule has 1 amide bonds. The summed E-state index contributed by atoms with van der Waals surface area (Å²) in [6, 6.07) is 8.21. The van der Waals surface area contributed by atoms with Crippen LogP contribution in [0, 0.1) is 0 Å². The van der Waals surface area contributed by atoms with Crippen LogP contribution in [0.25, 0.3) is 16.7 Å². The molecule has 2 N–H and O–H groups in total. The molecule has 0 bridgehead atoms. The maximum atomic E-state index is 13.1. The second-order valence-electron chi connectivity index (χ2n) is 6.52. The van der Waals surface area contributed by atoms with Crippen molar-refractivity contribution in [2.24, 2.45) is 0 Å². The first-order valence-electron chi connectivity index (χ1n) is 8.53. The van der Waals surface area contributed by atoms with Crippen LogP contribution >= 0.6 is 0 Å². The van der Waals surface area contributed by atoms with Gasteiger partial charge in [0.15, 0.2) is 9.84 Å².